The lowest BCUT2D eigenvalue weighted by atomic mass is 9.42. The van der Waals surface area contributed by atoms with Crippen molar-refractivity contribution in [3.63, 3.8) is 0 Å². The predicted octanol–water partition coefficient (Wildman–Crippen LogP) is 1.51. The van der Waals surface area contributed by atoms with Crippen LogP contribution in [0.4, 0.5) is 0 Å². The number of carbonyl (C=O) groups excluding carboxylic acids is 1. The number of hydrogen-bond acceptors (Lipinski definition) is 9. The van der Waals surface area contributed by atoms with E-state index in [1.807, 2.05) is 0 Å². The molecule has 10 heteroatoms. The predicted molar refractivity (Wildman–Crippen MR) is 151 cm³/mol. The first-order valence-corrected chi connectivity index (χ1v) is 16.1. The lowest BCUT2D eigenvalue weighted by molar-refractivity contribution is -0.230. The van der Waals surface area contributed by atoms with Gasteiger partial charge in [-0.25, -0.2) is 0 Å². The van der Waals surface area contributed by atoms with E-state index in [-0.39, 0.29) is 70.9 Å². The minimum Gasteiger partial charge on any atom is -0.481 e. The average molecular weight is 597 g/mol. The van der Waals surface area contributed by atoms with Crippen LogP contribution >= 0.6 is 0 Å². The van der Waals surface area contributed by atoms with Crippen LogP contribution in [0.1, 0.15) is 85.0 Å². The molecule has 0 bridgehead atoms. The van der Waals surface area contributed by atoms with Crippen molar-refractivity contribution < 1.29 is 50.1 Å². The van der Waals surface area contributed by atoms with Gasteiger partial charge < -0.3 is 40.5 Å². The molecule has 0 amide bonds. The first-order valence-electron chi connectivity index (χ1n) is 16.1. The summed E-state index contributed by atoms with van der Waals surface area (Å²) in [6.45, 7) is 6.02. The fraction of sp³-hybridized carbons (Fsp3) is 0.938. The summed E-state index contributed by atoms with van der Waals surface area (Å²) in [5.41, 5.74) is -0.485. The van der Waals surface area contributed by atoms with Gasteiger partial charge in [0.15, 0.2) is 0 Å². The van der Waals surface area contributed by atoms with Gasteiger partial charge in [0, 0.05) is 18.8 Å². The lowest BCUT2D eigenvalue weighted by Crippen LogP contribution is -2.62. The quantitative estimate of drug-likeness (QED) is 0.217. The van der Waals surface area contributed by atoms with Gasteiger partial charge in [-0.2, -0.15) is 0 Å². The zero-order valence-corrected chi connectivity index (χ0v) is 25.2. The third kappa shape index (κ3) is 5.26. The van der Waals surface area contributed by atoms with E-state index in [1.165, 1.54) is 0 Å². The van der Waals surface area contributed by atoms with Crippen molar-refractivity contribution in [3.8, 4) is 0 Å². The van der Waals surface area contributed by atoms with Gasteiger partial charge >= 0.3 is 5.97 Å². The van der Waals surface area contributed by atoms with Crippen LogP contribution in [0.25, 0.3) is 0 Å². The number of ketones is 1. The van der Waals surface area contributed by atoms with Crippen LogP contribution < -0.4 is 0 Å². The van der Waals surface area contributed by atoms with E-state index >= 15 is 0 Å². The molecule has 16 atom stereocenters. The van der Waals surface area contributed by atoms with Crippen LogP contribution in [0.2, 0.25) is 0 Å². The topological polar surface area (TPSA) is 185 Å². The fourth-order valence-corrected chi connectivity index (χ4v) is 10.7. The Morgan fingerprint density at radius 2 is 1.60 bits per heavy atom. The van der Waals surface area contributed by atoms with E-state index in [0.717, 1.165) is 19.3 Å². The second kappa shape index (κ2) is 12.0. The molecule has 4 saturated carbocycles. The standard InChI is InChI=1S/C32H52O10/c1-15(4-7-26(37)38)18-5-6-19-27-20(12-25(36)32(18,19)3)31(2)9-8-16(10-17(31)11-22(27)35)21(34)13-23-28(39)30(41)29(40)24(14-33)42-23/h15-20,22-25,27-30,33,35-36,39-41H,4-14H2,1-3H3,(H,37,38)/t15-,16?,17?,18-,19+,20+,22?,23?,24-,25?,27+,28+,29-,30-,31+,32-/m1/s1. The molecule has 1 heterocycles. The zero-order chi connectivity index (χ0) is 30.7. The van der Waals surface area contributed by atoms with E-state index in [2.05, 4.69) is 20.8 Å². The highest BCUT2D eigenvalue weighted by molar-refractivity contribution is 5.81. The summed E-state index contributed by atoms with van der Waals surface area (Å²) >= 11 is 0. The van der Waals surface area contributed by atoms with Crippen molar-refractivity contribution in [1.82, 2.24) is 0 Å². The minimum absolute atomic E-state index is 0.0673. The average Bonchev–Trinajstić information content (AvgIpc) is 3.31. The fourth-order valence-electron chi connectivity index (χ4n) is 10.7. The van der Waals surface area contributed by atoms with Gasteiger partial charge in [-0.05, 0) is 97.7 Å². The molecule has 10 nitrogen and oxygen atoms in total. The number of hydrogen-bond donors (Lipinski definition) is 7. The summed E-state index contributed by atoms with van der Waals surface area (Å²) in [6, 6.07) is 0. The van der Waals surface area contributed by atoms with E-state index < -0.39 is 55.3 Å². The lowest BCUT2D eigenvalue weighted by Gasteiger charge is -2.63. The maximum atomic E-state index is 13.4. The van der Waals surface area contributed by atoms with Gasteiger partial charge in [-0.1, -0.05) is 20.8 Å². The first-order chi connectivity index (χ1) is 19.7. The molecular weight excluding hydrogens is 544 g/mol. The highest BCUT2D eigenvalue weighted by Gasteiger charge is 2.66. The van der Waals surface area contributed by atoms with E-state index in [1.54, 1.807) is 0 Å². The van der Waals surface area contributed by atoms with E-state index in [4.69, 9.17) is 4.74 Å². The molecule has 5 rings (SSSR count). The van der Waals surface area contributed by atoms with Gasteiger partial charge in [0.05, 0.1) is 24.9 Å². The molecule has 5 aliphatic rings. The van der Waals surface area contributed by atoms with Gasteiger partial charge in [-0.3, -0.25) is 9.59 Å². The summed E-state index contributed by atoms with van der Waals surface area (Å²) in [5, 5.41) is 72.8. The Morgan fingerprint density at radius 3 is 2.26 bits per heavy atom. The van der Waals surface area contributed by atoms with Crippen molar-refractivity contribution in [2.24, 2.45) is 52.3 Å². The van der Waals surface area contributed by atoms with E-state index in [0.29, 0.717) is 32.1 Å². The number of aliphatic hydroxyl groups excluding tert-OH is 6. The van der Waals surface area contributed by atoms with Gasteiger partial charge in [0.1, 0.15) is 30.2 Å². The third-order valence-corrected chi connectivity index (χ3v) is 13.2. The number of aliphatic carboxylic acids is 1. The second-order valence-electron chi connectivity index (χ2n) is 15.0. The summed E-state index contributed by atoms with van der Waals surface area (Å²) in [4.78, 5) is 24.7. The van der Waals surface area contributed by atoms with Gasteiger partial charge in [-0.15, -0.1) is 0 Å². The minimum atomic E-state index is -1.51. The van der Waals surface area contributed by atoms with Crippen molar-refractivity contribution in [2.45, 2.75) is 128 Å². The number of rotatable bonds is 8. The van der Waals surface area contributed by atoms with E-state index in [9.17, 15) is 45.3 Å². The van der Waals surface area contributed by atoms with Crippen molar-refractivity contribution in [1.29, 1.82) is 0 Å². The van der Waals surface area contributed by atoms with Crippen LogP contribution in [0.15, 0.2) is 0 Å². The van der Waals surface area contributed by atoms with Gasteiger partial charge in [0.25, 0.3) is 0 Å². The molecule has 240 valence electrons. The summed E-state index contributed by atoms with van der Waals surface area (Å²) in [7, 11) is 0. The molecule has 5 fully saturated rings. The molecule has 1 saturated heterocycles. The Bertz CT molecular complexity index is 1000. The molecule has 7 N–H and O–H groups in total. The first kappa shape index (κ1) is 32.3. The number of fused-ring (bicyclic) bond motifs is 5. The number of Topliss-reactive ketones (excluding diaryl/α,β-unsaturated/α-hetero) is 1. The maximum absolute atomic E-state index is 13.4. The molecule has 5 unspecified atom stereocenters. The summed E-state index contributed by atoms with van der Waals surface area (Å²) in [5.74, 6) is -0.285. The van der Waals surface area contributed by atoms with Crippen LogP contribution in [0.3, 0.4) is 0 Å². The van der Waals surface area contributed by atoms with Crippen LogP contribution in [-0.4, -0.2) is 96.8 Å². The Labute approximate surface area is 248 Å². The van der Waals surface area contributed by atoms with Crippen LogP contribution in [0.5, 0.6) is 0 Å². The molecule has 0 radical (unpaired) electrons. The molecule has 0 spiro atoms. The Balaban J connectivity index is 1.28. The zero-order valence-electron chi connectivity index (χ0n) is 25.2. The number of aliphatic hydroxyl groups is 6. The van der Waals surface area contributed by atoms with Crippen molar-refractivity contribution in [2.75, 3.05) is 6.61 Å². The molecule has 42 heavy (non-hydrogen) atoms. The third-order valence-electron chi connectivity index (χ3n) is 13.2. The Morgan fingerprint density at radius 1 is 0.905 bits per heavy atom. The Kier molecular flexibility index (Phi) is 9.21. The summed E-state index contributed by atoms with van der Waals surface area (Å²) in [6.07, 6.45) is -1.79. The molecule has 0 aromatic heterocycles. The Hall–Kier alpha value is -1.14. The van der Waals surface area contributed by atoms with Crippen molar-refractivity contribution in [3.05, 3.63) is 0 Å². The summed E-state index contributed by atoms with van der Waals surface area (Å²) < 4.78 is 5.59. The maximum Gasteiger partial charge on any atom is 0.303 e. The number of carboxylic acids is 1. The van der Waals surface area contributed by atoms with Crippen LogP contribution in [0, 0.1) is 52.3 Å². The highest BCUT2D eigenvalue weighted by Crippen LogP contribution is 2.68. The molecular formula is C32H52O10. The molecule has 0 aromatic rings. The number of ether oxygens (including phenoxy) is 1. The number of carbonyl (C=O) groups is 2. The smallest absolute Gasteiger partial charge is 0.303 e. The van der Waals surface area contributed by atoms with Crippen LogP contribution in [-0.2, 0) is 14.3 Å². The largest absolute Gasteiger partial charge is 0.481 e. The normalized spacial score (nSPS) is 51.2. The second-order valence-corrected chi connectivity index (χ2v) is 15.0. The monoisotopic (exact) mass is 596 g/mol. The molecule has 4 aliphatic carbocycles. The molecule has 1 aliphatic heterocycles. The SMILES string of the molecule is C[C@H](CCC(=O)O)[C@H]1CC[C@H]2[C@@H]3C(O)CC4CC(C(=O)CC5O[C@H](CO)[C@@H](O)[C@H](O)[C@H]5O)CC[C@]4(C)[C@H]3CC(O)[C@]12C. The number of carboxylic acid groups (broad SMARTS) is 1. The molecule has 0 aromatic carbocycles. The van der Waals surface area contributed by atoms with Crippen molar-refractivity contribution >= 4 is 11.8 Å². The van der Waals surface area contributed by atoms with Gasteiger partial charge in [0.2, 0.25) is 0 Å². The highest BCUT2D eigenvalue weighted by atomic mass is 16.5.